The standard InChI is InChI=1S/C24H23ClN2O5S/c1-4-13-27(16(2)14-24(28)29)22-11-10-21(18-7-5-6-8-19(18)22)26-33(30,31)17-9-12-23(32-3)20(25)15-17/h1,5-12,15-16,26H,13-14H2,2-3H3,(H,28,29)/t16-/m0/s1. The molecule has 1 atom stereocenters. The third kappa shape index (κ3) is 5.33. The number of carboxylic acid groups (broad SMARTS) is 1. The number of halogens is 1. The van der Waals surface area contributed by atoms with Crippen LogP contribution in [0.5, 0.6) is 5.75 Å². The highest BCUT2D eigenvalue weighted by Crippen LogP contribution is 2.35. The maximum Gasteiger partial charge on any atom is 0.305 e. The third-order valence-corrected chi connectivity index (χ3v) is 6.81. The summed E-state index contributed by atoms with van der Waals surface area (Å²) in [5.74, 6) is 2.01. The van der Waals surface area contributed by atoms with Crippen LogP contribution in [-0.2, 0) is 14.8 Å². The number of benzene rings is 3. The van der Waals surface area contributed by atoms with Crippen molar-refractivity contribution in [3.8, 4) is 18.1 Å². The highest BCUT2D eigenvalue weighted by molar-refractivity contribution is 7.92. The largest absolute Gasteiger partial charge is 0.495 e. The molecular formula is C24H23ClN2O5S. The topological polar surface area (TPSA) is 95.9 Å². The molecule has 2 N–H and O–H groups in total. The zero-order valence-corrected chi connectivity index (χ0v) is 19.7. The SMILES string of the molecule is C#CCN(c1ccc(NS(=O)(=O)c2ccc(OC)c(Cl)c2)c2ccccc12)[C@@H](C)CC(=O)O. The summed E-state index contributed by atoms with van der Waals surface area (Å²) >= 11 is 6.10. The van der Waals surface area contributed by atoms with Crippen LogP contribution >= 0.6 is 11.6 Å². The Balaban J connectivity index is 2.05. The first-order valence-electron chi connectivity index (χ1n) is 9.98. The predicted octanol–water partition coefficient (Wildman–Crippen LogP) is 4.61. The van der Waals surface area contributed by atoms with Gasteiger partial charge in [0.15, 0.2) is 0 Å². The zero-order chi connectivity index (χ0) is 24.2. The van der Waals surface area contributed by atoms with Crippen LogP contribution in [-0.4, -0.2) is 39.2 Å². The van der Waals surface area contributed by atoms with Crippen molar-refractivity contribution in [3.05, 3.63) is 59.6 Å². The van der Waals surface area contributed by atoms with Crippen LogP contribution in [0.1, 0.15) is 13.3 Å². The number of aliphatic carboxylic acids is 1. The van der Waals surface area contributed by atoms with Crippen LogP contribution in [0.25, 0.3) is 10.8 Å². The van der Waals surface area contributed by atoms with Gasteiger partial charge in [0.1, 0.15) is 5.75 Å². The lowest BCUT2D eigenvalue weighted by atomic mass is 10.0. The van der Waals surface area contributed by atoms with Crippen molar-refractivity contribution in [2.45, 2.75) is 24.3 Å². The summed E-state index contributed by atoms with van der Waals surface area (Å²) < 4.78 is 33.8. The number of carbonyl (C=O) groups is 1. The van der Waals surface area contributed by atoms with Crippen LogP contribution in [0.2, 0.25) is 5.02 Å². The molecule has 33 heavy (non-hydrogen) atoms. The second kappa shape index (κ2) is 10.0. The maximum absolute atomic E-state index is 13.0. The molecule has 0 radical (unpaired) electrons. The number of hydrogen-bond donors (Lipinski definition) is 2. The molecule has 0 aliphatic rings. The molecule has 0 aliphatic carbocycles. The average molecular weight is 487 g/mol. The molecule has 0 unspecified atom stereocenters. The molecule has 172 valence electrons. The molecule has 0 aliphatic heterocycles. The first kappa shape index (κ1) is 24.2. The van der Waals surface area contributed by atoms with Gasteiger partial charge in [0.05, 0.1) is 35.7 Å². The molecule has 0 fully saturated rings. The lowest BCUT2D eigenvalue weighted by Gasteiger charge is -2.30. The van der Waals surface area contributed by atoms with E-state index in [0.29, 0.717) is 22.5 Å². The molecule has 0 amide bonds. The van der Waals surface area contributed by atoms with Crippen LogP contribution < -0.4 is 14.4 Å². The summed E-state index contributed by atoms with van der Waals surface area (Å²) in [5, 5.41) is 10.8. The van der Waals surface area contributed by atoms with E-state index in [-0.39, 0.29) is 28.9 Å². The minimum Gasteiger partial charge on any atom is -0.495 e. The van der Waals surface area contributed by atoms with Gasteiger partial charge in [0.2, 0.25) is 0 Å². The Morgan fingerprint density at radius 1 is 1.21 bits per heavy atom. The Hall–Kier alpha value is -3.41. The Morgan fingerprint density at radius 2 is 1.91 bits per heavy atom. The molecule has 0 saturated heterocycles. The molecule has 7 nitrogen and oxygen atoms in total. The maximum atomic E-state index is 13.0. The number of methoxy groups -OCH3 is 1. The summed E-state index contributed by atoms with van der Waals surface area (Å²) in [5.41, 5.74) is 1.08. The van der Waals surface area contributed by atoms with E-state index in [9.17, 15) is 18.3 Å². The second-order valence-corrected chi connectivity index (χ2v) is 9.45. The Bertz CT molecular complexity index is 1330. The average Bonchev–Trinajstić information content (AvgIpc) is 2.77. The summed E-state index contributed by atoms with van der Waals surface area (Å²) in [6.45, 7) is 1.98. The molecule has 0 bridgehead atoms. The van der Waals surface area contributed by atoms with Gasteiger partial charge in [0.25, 0.3) is 10.0 Å². The quantitative estimate of drug-likeness (QED) is 0.429. The number of hydrogen-bond acceptors (Lipinski definition) is 5. The van der Waals surface area contributed by atoms with Gasteiger partial charge in [-0.05, 0) is 37.3 Å². The first-order valence-corrected chi connectivity index (χ1v) is 11.8. The van der Waals surface area contributed by atoms with Crippen LogP contribution in [0, 0.1) is 12.3 Å². The summed E-state index contributed by atoms with van der Waals surface area (Å²) in [6, 6.07) is 14.5. The van der Waals surface area contributed by atoms with Gasteiger partial charge < -0.3 is 14.7 Å². The zero-order valence-electron chi connectivity index (χ0n) is 18.1. The molecule has 3 rings (SSSR count). The minimum atomic E-state index is -3.94. The first-order chi connectivity index (χ1) is 15.7. The number of rotatable bonds is 9. The van der Waals surface area contributed by atoms with E-state index in [2.05, 4.69) is 10.6 Å². The molecule has 0 spiro atoms. The number of carboxylic acids is 1. The normalized spacial score (nSPS) is 12.1. The molecule has 0 saturated carbocycles. The third-order valence-electron chi connectivity index (χ3n) is 5.15. The van der Waals surface area contributed by atoms with Crippen molar-refractivity contribution in [1.29, 1.82) is 0 Å². The number of fused-ring (bicyclic) bond motifs is 1. The fourth-order valence-corrected chi connectivity index (χ4v) is 5.01. The fraction of sp³-hybridized carbons (Fsp3) is 0.208. The van der Waals surface area contributed by atoms with Gasteiger partial charge in [-0.3, -0.25) is 9.52 Å². The minimum absolute atomic E-state index is 0.00880. The monoisotopic (exact) mass is 486 g/mol. The number of nitrogens with zero attached hydrogens (tertiary/aromatic N) is 1. The van der Waals surface area contributed by atoms with Crippen molar-refractivity contribution in [2.24, 2.45) is 0 Å². The lowest BCUT2D eigenvalue weighted by Crippen LogP contribution is -2.35. The molecule has 9 heteroatoms. The van der Waals surface area contributed by atoms with Crippen molar-refractivity contribution in [2.75, 3.05) is 23.3 Å². The molecule has 3 aromatic carbocycles. The van der Waals surface area contributed by atoms with Crippen molar-refractivity contribution < 1.29 is 23.1 Å². The lowest BCUT2D eigenvalue weighted by molar-refractivity contribution is -0.137. The summed E-state index contributed by atoms with van der Waals surface area (Å²) in [4.78, 5) is 13.1. The molecule has 3 aromatic rings. The predicted molar refractivity (Wildman–Crippen MR) is 131 cm³/mol. The van der Waals surface area contributed by atoms with Gasteiger partial charge in [-0.25, -0.2) is 8.42 Å². The van der Waals surface area contributed by atoms with Crippen LogP contribution in [0.3, 0.4) is 0 Å². The van der Waals surface area contributed by atoms with Gasteiger partial charge >= 0.3 is 5.97 Å². The van der Waals surface area contributed by atoms with Crippen LogP contribution in [0.15, 0.2) is 59.5 Å². The number of sulfonamides is 1. The van der Waals surface area contributed by atoms with Gasteiger partial charge in [0, 0.05) is 22.5 Å². The number of ether oxygens (including phenoxy) is 1. The highest BCUT2D eigenvalue weighted by atomic mass is 35.5. The Labute approximate surface area is 198 Å². The van der Waals surface area contributed by atoms with E-state index in [1.54, 1.807) is 31.2 Å². The molecule has 0 aromatic heterocycles. The Morgan fingerprint density at radius 3 is 2.52 bits per heavy atom. The van der Waals surface area contributed by atoms with Crippen LogP contribution in [0.4, 0.5) is 11.4 Å². The van der Waals surface area contributed by atoms with E-state index in [1.165, 1.54) is 25.3 Å². The Kier molecular flexibility index (Phi) is 7.36. The van der Waals surface area contributed by atoms with E-state index < -0.39 is 16.0 Å². The number of nitrogens with one attached hydrogen (secondary N) is 1. The van der Waals surface area contributed by atoms with Crippen molar-refractivity contribution in [3.63, 3.8) is 0 Å². The summed E-state index contributed by atoms with van der Waals surface area (Å²) in [6.07, 6.45) is 5.44. The van der Waals surface area contributed by atoms with Gasteiger partial charge in [-0.1, -0.05) is 41.8 Å². The van der Waals surface area contributed by atoms with E-state index >= 15 is 0 Å². The van der Waals surface area contributed by atoms with Crippen molar-refractivity contribution >= 4 is 49.7 Å². The van der Waals surface area contributed by atoms with E-state index in [4.69, 9.17) is 22.8 Å². The second-order valence-electron chi connectivity index (χ2n) is 7.36. The van der Waals surface area contributed by atoms with E-state index in [0.717, 1.165) is 5.39 Å². The van der Waals surface area contributed by atoms with Gasteiger partial charge in [-0.2, -0.15) is 0 Å². The van der Waals surface area contributed by atoms with Crippen molar-refractivity contribution in [1.82, 2.24) is 0 Å². The smallest absolute Gasteiger partial charge is 0.305 e. The van der Waals surface area contributed by atoms with E-state index in [1.807, 2.05) is 17.0 Å². The van der Waals surface area contributed by atoms with Gasteiger partial charge in [-0.15, -0.1) is 6.42 Å². The highest BCUT2D eigenvalue weighted by Gasteiger charge is 2.22. The summed E-state index contributed by atoms with van der Waals surface area (Å²) in [7, 11) is -2.49. The molecular weight excluding hydrogens is 464 g/mol. The fourth-order valence-electron chi connectivity index (χ4n) is 3.58. The number of terminal acetylenes is 1. The molecule has 0 heterocycles. The number of anilines is 2.